The number of aromatic amines is 2. The van der Waals surface area contributed by atoms with E-state index in [1.54, 1.807) is 25.5 Å². The van der Waals surface area contributed by atoms with Gasteiger partial charge in [-0.25, -0.2) is 9.97 Å². The number of rotatable bonds is 7. The number of Topliss-reactive ketones (excluding diaryl/α,β-unsaturated/α-hetero) is 1. The van der Waals surface area contributed by atoms with Crippen molar-refractivity contribution in [3.63, 3.8) is 0 Å². The van der Waals surface area contributed by atoms with Crippen molar-refractivity contribution in [3.8, 4) is 33.1 Å². The highest BCUT2D eigenvalue weighted by molar-refractivity contribution is 7.17. The fourth-order valence-electron chi connectivity index (χ4n) is 4.92. The van der Waals surface area contributed by atoms with Gasteiger partial charge in [0.15, 0.2) is 5.78 Å². The average molecular weight is 570 g/mol. The first kappa shape index (κ1) is 25.5. The molecule has 0 aliphatic rings. The molecule has 0 fully saturated rings. The second kappa shape index (κ2) is 10.5. The van der Waals surface area contributed by atoms with Crippen LogP contribution >= 0.6 is 11.3 Å². The van der Waals surface area contributed by atoms with Gasteiger partial charge in [-0.3, -0.25) is 19.7 Å². The number of nitrogens with one attached hydrogen (secondary N) is 3. The molecular formula is C32H23N7O2S. The molecule has 0 aliphatic carbocycles. The van der Waals surface area contributed by atoms with Gasteiger partial charge in [0.1, 0.15) is 16.9 Å². The molecule has 7 aromatic rings. The third-order valence-electron chi connectivity index (χ3n) is 6.94. The van der Waals surface area contributed by atoms with E-state index in [0.29, 0.717) is 22.6 Å². The number of thiophene rings is 1. The Kier molecular flexibility index (Phi) is 6.37. The number of ketones is 1. The number of pyridine rings is 3. The lowest BCUT2D eigenvalue weighted by atomic mass is 10.1. The number of fused-ring (bicyclic) bond motifs is 2. The van der Waals surface area contributed by atoms with Crippen molar-refractivity contribution in [1.82, 2.24) is 30.1 Å². The number of carbonyl (C=O) groups excluding carboxylic acids is 2. The van der Waals surface area contributed by atoms with Crippen LogP contribution in [0.25, 0.3) is 55.2 Å². The van der Waals surface area contributed by atoms with Gasteiger partial charge in [-0.1, -0.05) is 30.3 Å². The summed E-state index contributed by atoms with van der Waals surface area (Å²) in [7, 11) is 0. The summed E-state index contributed by atoms with van der Waals surface area (Å²) in [5.74, 6) is -0.0704. The summed E-state index contributed by atoms with van der Waals surface area (Å²) >= 11 is 1.47. The topological polar surface area (TPSA) is 129 Å². The number of benzene rings is 1. The van der Waals surface area contributed by atoms with Crippen molar-refractivity contribution in [2.45, 2.75) is 13.3 Å². The number of nitrogens with zero attached hydrogens (tertiary/aromatic N) is 4. The van der Waals surface area contributed by atoms with E-state index in [1.807, 2.05) is 72.8 Å². The SMILES string of the molecule is CC(=O)c1ccc(-c2ccnc3[nH]c(-c4n[nH]c5ccc(-c6cncc(NC(=O)Cc7ccccc7)c6)nc45)cc23)s1. The molecule has 42 heavy (non-hydrogen) atoms. The molecule has 1 aromatic carbocycles. The van der Waals surface area contributed by atoms with E-state index < -0.39 is 0 Å². The zero-order chi connectivity index (χ0) is 28.6. The number of H-pyrrole nitrogens is 2. The van der Waals surface area contributed by atoms with Gasteiger partial charge < -0.3 is 10.3 Å². The zero-order valence-corrected chi connectivity index (χ0v) is 23.2. The highest BCUT2D eigenvalue weighted by Gasteiger charge is 2.17. The molecule has 0 radical (unpaired) electrons. The average Bonchev–Trinajstić information content (AvgIpc) is 3.75. The molecule has 9 nitrogen and oxygen atoms in total. The van der Waals surface area contributed by atoms with Crippen LogP contribution in [0.3, 0.4) is 0 Å². The van der Waals surface area contributed by atoms with E-state index in [4.69, 9.17) is 4.98 Å². The third-order valence-corrected chi connectivity index (χ3v) is 8.16. The summed E-state index contributed by atoms with van der Waals surface area (Å²) < 4.78 is 0. The maximum absolute atomic E-state index is 12.6. The van der Waals surface area contributed by atoms with Crippen LogP contribution in [0.15, 0.2) is 91.4 Å². The van der Waals surface area contributed by atoms with Crippen molar-refractivity contribution >= 4 is 50.8 Å². The third kappa shape index (κ3) is 4.84. The minimum Gasteiger partial charge on any atom is -0.338 e. The molecule has 3 N–H and O–H groups in total. The molecule has 0 saturated carbocycles. The van der Waals surface area contributed by atoms with Crippen molar-refractivity contribution in [1.29, 1.82) is 0 Å². The van der Waals surface area contributed by atoms with E-state index in [2.05, 4.69) is 30.5 Å². The van der Waals surface area contributed by atoms with Crippen LogP contribution in [0, 0.1) is 0 Å². The smallest absolute Gasteiger partial charge is 0.228 e. The van der Waals surface area contributed by atoms with Crippen LogP contribution in [0.2, 0.25) is 0 Å². The first-order valence-electron chi connectivity index (χ1n) is 13.3. The Balaban J connectivity index is 1.21. The first-order chi connectivity index (χ1) is 20.5. The first-order valence-corrected chi connectivity index (χ1v) is 14.1. The van der Waals surface area contributed by atoms with Gasteiger partial charge in [0.05, 0.1) is 40.1 Å². The predicted octanol–water partition coefficient (Wildman–Crippen LogP) is 6.68. The summed E-state index contributed by atoms with van der Waals surface area (Å²) in [5.41, 5.74) is 7.60. The quantitative estimate of drug-likeness (QED) is 0.184. The van der Waals surface area contributed by atoms with Gasteiger partial charge in [0, 0.05) is 33.8 Å². The zero-order valence-electron chi connectivity index (χ0n) is 22.4. The van der Waals surface area contributed by atoms with Gasteiger partial charge >= 0.3 is 0 Å². The van der Waals surface area contributed by atoms with Gasteiger partial charge in [-0.2, -0.15) is 5.10 Å². The van der Waals surface area contributed by atoms with Crippen LogP contribution in [0.1, 0.15) is 22.2 Å². The largest absolute Gasteiger partial charge is 0.338 e. The minimum atomic E-state index is -0.118. The lowest BCUT2D eigenvalue weighted by Gasteiger charge is -2.07. The fourth-order valence-corrected chi connectivity index (χ4v) is 5.86. The van der Waals surface area contributed by atoms with E-state index in [9.17, 15) is 9.59 Å². The maximum atomic E-state index is 12.6. The molecular weight excluding hydrogens is 546 g/mol. The summed E-state index contributed by atoms with van der Waals surface area (Å²) in [6.45, 7) is 1.57. The molecule has 7 rings (SSSR count). The van der Waals surface area contributed by atoms with Crippen LogP contribution in [0.5, 0.6) is 0 Å². The number of amides is 1. The molecule has 10 heteroatoms. The molecule has 0 spiro atoms. The van der Waals surface area contributed by atoms with E-state index in [-0.39, 0.29) is 18.1 Å². The number of anilines is 1. The standard InChI is InChI=1S/C32H23N7O2S/c1-18(40)27-9-10-28(42-27)22-11-12-34-32-23(22)15-26(37-32)31-30-25(38-39-31)8-7-24(36-30)20-14-21(17-33-16-20)35-29(41)13-19-5-3-2-4-6-19/h2-12,14-17H,13H2,1H3,(H,34,37)(H,35,41)(H,38,39). The van der Waals surface area contributed by atoms with Gasteiger partial charge in [0.2, 0.25) is 5.91 Å². The van der Waals surface area contributed by atoms with E-state index >= 15 is 0 Å². The van der Waals surface area contributed by atoms with Gasteiger partial charge in [-0.15, -0.1) is 11.3 Å². The number of aromatic nitrogens is 6. The monoisotopic (exact) mass is 569 g/mol. The Bertz CT molecular complexity index is 2110. The molecule has 0 bridgehead atoms. The maximum Gasteiger partial charge on any atom is 0.228 e. The summed E-state index contributed by atoms with van der Waals surface area (Å²) in [6, 6.07) is 23.1. The molecule has 6 aromatic heterocycles. The van der Waals surface area contributed by atoms with E-state index in [0.717, 1.165) is 48.7 Å². The lowest BCUT2D eigenvalue weighted by Crippen LogP contribution is -2.14. The number of carbonyl (C=O) groups is 2. The summed E-state index contributed by atoms with van der Waals surface area (Å²) in [4.78, 5) is 43.3. The van der Waals surface area contributed by atoms with Crippen LogP contribution in [0.4, 0.5) is 5.69 Å². The molecule has 6 heterocycles. The highest BCUT2D eigenvalue weighted by atomic mass is 32.1. The van der Waals surface area contributed by atoms with Crippen molar-refractivity contribution in [3.05, 3.63) is 102 Å². The van der Waals surface area contributed by atoms with Gasteiger partial charge in [0.25, 0.3) is 0 Å². The summed E-state index contributed by atoms with van der Waals surface area (Å²) in [6.07, 6.45) is 5.37. The molecule has 0 unspecified atom stereocenters. The Morgan fingerprint density at radius 3 is 2.69 bits per heavy atom. The van der Waals surface area contributed by atoms with Crippen molar-refractivity contribution < 1.29 is 9.59 Å². The van der Waals surface area contributed by atoms with Crippen LogP contribution < -0.4 is 5.32 Å². The predicted molar refractivity (Wildman–Crippen MR) is 164 cm³/mol. The number of hydrogen-bond acceptors (Lipinski definition) is 7. The Morgan fingerprint density at radius 1 is 0.976 bits per heavy atom. The molecule has 0 saturated heterocycles. The normalized spacial score (nSPS) is 11.3. The second-order valence-corrected chi connectivity index (χ2v) is 10.9. The van der Waals surface area contributed by atoms with Gasteiger partial charge in [-0.05, 0) is 55.0 Å². The number of hydrogen-bond donors (Lipinski definition) is 3. The lowest BCUT2D eigenvalue weighted by molar-refractivity contribution is -0.115. The fraction of sp³-hybridized carbons (Fsp3) is 0.0625. The summed E-state index contributed by atoms with van der Waals surface area (Å²) in [5, 5.41) is 11.5. The van der Waals surface area contributed by atoms with Crippen LogP contribution in [-0.2, 0) is 11.2 Å². The Labute approximate surface area is 243 Å². The molecule has 1 amide bonds. The molecule has 0 aliphatic heterocycles. The minimum absolute atomic E-state index is 0.0477. The van der Waals surface area contributed by atoms with Crippen molar-refractivity contribution in [2.75, 3.05) is 5.32 Å². The highest BCUT2D eigenvalue weighted by Crippen LogP contribution is 2.36. The van der Waals surface area contributed by atoms with E-state index in [1.165, 1.54) is 11.3 Å². The van der Waals surface area contributed by atoms with Crippen molar-refractivity contribution in [2.24, 2.45) is 0 Å². The molecule has 204 valence electrons. The Hall–Kier alpha value is -5.48. The van der Waals surface area contributed by atoms with Crippen LogP contribution in [-0.4, -0.2) is 41.8 Å². The second-order valence-electron chi connectivity index (χ2n) is 9.86. The molecule has 0 atom stereocenters. The Morgan fingerprint density at radius 2 is 1.86 bits per heavy atom.